The van der Waals surface area contributed by atoms with Crippen LogP contribution in [0.3, 0.4) is 0 Å². The number of ether oxygens (including phenoxy) is 2. The summed E-state index contributed by atoms with van der Waals surface area (Å²) >= 11 is 0. The third-order valence-corrected chi connectivity index (χ3v) is 1.94. The summed E-state index contributed by atoms with van der Waals surface area (Å²) in [5, 5.41) is 3.12. The van der Waals surface area contributed by atoms with E-state index < -0.39 is 0 Å². The van der Waals surface area contributed by atoms with Crippen molar-refractivity contribution in [2.75, 3.05) is 20.4 Å². The molecule has 0 amide bonds. The number of para-hydroxylation sites is 1. The molecule has 0 unspecified atom stereocenters. The Hall–Kier alpha value is -1.13. The number of nitrogens with one attached hydrogen (secondary N) is 1. The topological polar surface area (TPSA) is 30.5 Å². The minimum atomic E-state index is -0.359. The summed E-state index contributed by atoms with van der Waals surface area (Å²) < 4.78 is 23.3. The summed E-state index contributed by atoms with van der Waals surface area (Å²) in [6.45, 7) is 3.47. The molecule has 0 aliphatic carbocycles. The van der Waals surface area contributed by atoms with Crippen molar-refractivity contribution in [1.29, 1.82) is 0 Å². The van der Waals surface area contributed by atoms with Gasteiger partial charge in [-0.1, -0.05) is 19.1 Å². The van der Waals surface area contributed by atoms with Crippen molar-refractivity contribution in [1.82, 2.24) is 5.32 Å². The van der Waals surface area contributed by atoms with E-state index in [-0.39, 0.29) is 18.4 Å². The summed E-state index contributed by atoms with van der Waals surface area (Å²) in [4.78, 5) is 0. The fraction of sp³-hybridized carbons (Fsp3) is 0.455. The maximum absolute atomic E-state index is 13.4. The lowest BCUT2D eigenvalue weighted by molar-refractivity contribution is 0.0475. The average molecular weight is 213 g/mol. The molecule has 0 heterocycles. The summed E-state index contributed by atoms with van der Waals surface area (Å²) in [6.07, 6.45) is 0. The molecule has 15 heavy (non-hydrogen) atoms. The lowest BCUT2D eigenvalue weighted by Gasteiger charge is -2.11. The van der Waals surface area contributed by atoms with Gasteiger partial charge in [0.05, 0.1) is 0 Å². The number of hydrogen-bond acceptors (Lipinski definition) is 3. The minimum Gasteiger partial charge on any atom is -0.464 e. The van der Waals surface area contributed by atoms with Gasteiger partial charge in [0.2, 0.25) is 0 Å². The molecule has 1 aromatic carbocycles. The molecule has 1 rings (SSSR count). The fourth-order valence-electron chi connectivity index (χ4n) is 1.23. The van der Waals surface area contributed by atoms with Gasteiger partial charge in [-0.3, -0.25) is 0 Å². The highest BCUT2D eigenvalue weighted by Gasteiger charge is 2.08. The van der Waals surface area contributed by atoms with Gasteiger partial charge in [0.15, 0.2) is 18.4 Å². The Morgan fingerprint density at radius 3 is 2.87 bits per heavy atom. The van der Waals surface area contributed by atoms with Gasteiger partial charge in [-0.2, -0.15) is 0 Å². The molecule has 0 aliphatic rings. The Morgan fingerprint density at radius 1 is 1.40 bits per heavy atom. The van der Waals surface area contributed by atoms with E-state index in [9.17, 15) is 4.39 Å². The van der Waals surface area contributed by atoms with E-state index in [4.69, 9.17) is 9.47 Å². The van der Waals surface area contributed by atoms with Crippen molar-refractivity contribution in [3.05, 3.63) is 29.6 Å². The van der Waals surface area contributed by atoms with Crippen LogP contribution in [0, 0.1) is 5.82 Å². The van der Waals surface area contributed by atoms with E-state index in [1.807, 2.05) is 13.0 Å². The molecule has 0 saturated carbocycles. The molecule has 0 aliphatic heterocycles. The monoisotopic (exact) mass is 213 g/mol. The normalized spacial score (nSPS) is 10.3. The smallest absolute Gasteiger partial charge is 0.188 e. The van der Waals surface area contributed by atoms with Crippen LogP contribution in [0.1, 0.15) is 12.5 Å². The molecule has 4 heteroatoms. The first-order chi connectivity index (χ1) is 7.29. The Morgan fingerprint density at radius 2 is 2.20 bits per heavy atom. The molecule has 0 bridgehead atoms. The van der Waals surface area contributed by atoms with E-state index in [1.54, 1.807) is 6.07 Å². The second kappa shape index (κ2) is 6.37. The van der Waals surface area contributed by atoms with Crippen LogP contribution in [-0.4, -0.2) is 20.4 Å². The minimum absolute atomic E-state index is 0.0556. The van der Waals surface area contributed by atoms with Gasteiger partial charge in [0.25, 0.3) is 0 Å². The molecule has 0 fully saturated rings. The summed E-state index contributed by atoms with van der Waals surface area (Å²) in [6, 6.07) is 4.87. The maximum Gasteiger partial charge on any atom is 0.188 e. The average Bonchev–Trinajstić information content (AvgIpc) is 2.25. The van der Waals surface area contributed by atoms with Crippen molar-refractivity contribution in [3.8, 4) is 5.75 Å². The summed E-state index contributed by atoms with van der Waals surface area (Å²) in [7, 11) is 1.50. The molecule has 0 aromatic heterocycles. The second-order valence-corrected chi connectivity index (χ2v) is 3.06. The Bertz CT molecular complexity index is 305. The largest absolute Gasteiger partial charge is 0.464 e. The molecular weight excluding hydrogens is 197 g/mol. The van der Waals surface area contributed by atoms with Crippen LogP contribution >= 0.6 is 0 Å². The zero-order valence-corrected chi connectivity index (χ0v) is 9.05. The molecule has 1 aromatic rings. The zero-order valence-electron chi connectivity index (χ0n) is 9.05. The first kappa shape index (κ1) is 11.9. The Balaban J connectivity index is 2.77. The number of rotatable bonds is 6. The van der Waals surface area contributed by atoms with Crippen molar-refractivity contribution in [2.24, 2.45) is 0 Å². The lowest BCUT2D eigenvalue weighted by atomic mass is 10.2. The van der Waals surface area contributed by atoms with Crippen molar-refractivity contribution >= 4 is 0 Å². The van der Waals surface area contributed by atoms with Crippen LogP contribution in [0.5, 0.6) is 5.75 Å². The predicted octanol–water partition coefficient (Wildman–Crippen LogP) is 1.92. The van der Waals surface area contributed by atoms with E-state index in [1.165, 1.54) is 13.2 Å². The molecular formula is C11H16FNO2. The first-order valence-electron chi connectivity index (χ1n) is 4.89. The summed E-state index contributed by atoms with van der Waals surface area (Å²) in [5.41, 5.74) is 0.800. The molecule has 0 saturated heterocycles. The molecule has 0 spiro atoms. The van der Waals surface area contributed by atoms with Gasteiger partial charge in [-0.25, -0.2) is 4.39 Å². The molecule has 3 nitrogen and oxygen atoms in total. The number of benzene rings is 1. The molecule has 84 valence electrons. The third kappa shape index (κ3) is 3.49. The van der Waals surface area contributed by atoms with Crippen LogP contribution in [-0.2, 0) is 11.3 Å². The maximum atomic E-state index is 13.4. The summed E-state index contributed by atoms with van der Waals surface area (Å²) in [5.74, 6) is -0.0947. The van der Waals surface area contributed by atoms with E-state index in [0.29, 0.717) is 6.54 Å². The highest BCUT2D eigenvalue weighted by Crippen LogP contribution is 2.22. The van der Waals surface area contributed by atoms with Crippen LogP contribution in [0.2, 0.25) is 0 Å². The van der Waals surface area contributed by atoms with Crippen LogP contribution in [0.4, 0.5) is 4.39 Å². The number of methoxy groups -OCH3 is 1. The Kier molecular flexibility index (Phi) is 5.07. The lowest BCUT2D eigenvalue weighted by Crippen LogP contribution is -2.14. The van der Waals surface area contributed by atoms with Gasteiger partial charge in [-0.05, 0) is 12.6 Å². The molecule has 0 radical (unpaired) electrons. The highest BCUT2D eigenvalue weighted by molar-refractivity contribution is 5.34. The standard InChI is InChI=1S/C11H16FNO2/c1-3-13-7-9-5-4-6-10(12)11(9)15-8-14-2/h4-6,13H,3,7-8H2,1-2H3. The van der Waals surface area contributed by atoms with Gasteiger partial charge in [-0.15, -0.1) is 0 Å². The van der Waals surface area contributed by atoms with E-state index in [2.05, 4.69) is 5.32 Å². The van der Waals surface area contributed by atoms with Gasteiger partial charge < -0.3 is 14.8 Å². The van der Waals surface area contributed by atoms with Crippen molar-refractivity contribution in [2.45, 2.75) is 13.5 Å². The first-order valence-corrected chi connectivity index (χ1v) is 4.89. The van der Waals surface area contributed by atoms with Gasteiger partial charge in [0.1, 0.15) is 0 Å². The van der Waals surface area contributed by atoms with E-state index in [0.717, 1.165) is 12.1 Å². The number of hydrogen-bond donors (Lipinski definition) is 1. The third-order valence-electron chi connectivity index (χ3n) is 1.94. The van der Waals surface area contributed by atoms with Gasteiger partial charge >= 0.3 is 0 Å². The van der Waals surface area contributed by atoms with E-state index >= 15 is 0 Å². The quantitative estimate of drug-likeness (QED) is 0.732. The van der Waals surface area contributed by atoms with Crippen molar-refractivity contribution < 1.29 is 13.9 Å². The highest BCUT2D eigenvalue weighted by atomic mass is 19.1. The van der Waals surface area contributed by atoms with Crippen molar-refractivity contribution in [3.63, 3.8) is 0 Å². The fourth-order valence-corrected chi connectivity index (χ4v) is 1.23. The van der Waals surface area contributed by atoms with Gasteiger partial charge in [0, 0.05) is 19.2 Å². The second-order valence-electron chi connectivity index (χ2n) is 3.06. The number of halogens is 1. The zero-order chi connectivity index (χ0) is 11.1. The SMILES string of the molecule is CCNCc1cccc(F)c1OCOC. The van der Waals surface area contributed by atoms with Crippen LogP contribution < -0.4 is 10.1 Å². The van der Waals surface area contributed by atoms with Crippen LogP contribution in [0.15, 0.2) is 18.2 Å². The molecule has 0 atom stereocenters. The van der Waals surface area contributed by atoms with Crippen LogP contribution in [0.25, 0.3) is 0 Å². The predicted molar refractivity (Wildman–Crippen MR) is 56.3 cm³/mol. The molecule has 1 N–H and O–H groups in total. The Labute approximate surface area is 89.2 Å².